The van der Waals surface area contributed by atoms with E-state index in [0.717, 1.165) is 43.5 Å². The molecule has 2 aromatic heterocycles. The van der Waals surface area contributed by atoms with Gasteiger partial charge in [-0.3, -0.25) is 14.8 Å². The Morgan fingerprint density at radius 2 is 2.06 bits per heavy atom. The van der Waals surface area contributed by atoms with E-state index in [2.05, 4.69) is 25.3 Å². The third-order valence-corrected chi connectivity index (χ3v) is 5.47. The highest BCUT2D eigenvalue weighted by Crippen LogP contribution is 2.32. The zero-order valence-corrected chi connectivity index (χ0v) is 17.5. The van der Waals surface area contributed by atoms with Gasteiger partial charge in [0, 0.05) is 25.4 Å². The average molecular weight is 420 g/mol. The second kappa shape index (κ2) is 9.59. The molecule has 4 rings (SSSR count). The zero-order chi connectivity index (χ0) is 21.6. The number of carbonyl (C=O) groups excluding carboxylic acids is 1. The molecule has 7 nitrogen and oxygen atoms in total. The highest BCUT2D eigenvalue weighted by atomic mass is 19.1. The summed E-state index contributed by atoms with van der Waals surface area (Å²) in [6, 6.07) is 5.06. The lowest BCUT2D eigenvalue weighted by atomic mass is 10.0. The third kappa shape index (κ3) is 5.20. The fraction of sp³-hybridized carbons (Fsp3) is 0.348. The van der Waals surface area contributed by atoms with E-state index in [4.69, 9.17) is 0 Å². The minimum absolute atomic E-state index is 0.0725. The smallest absolute Gasteiger partial charge is 0.223 e. The third-order valence-electron chi connectivity index (χ3n) is 5.47. The lowest BCUT2D eigenvalue weighted by Gasteiger charge is -2.24. The van der Waals surface area contributed by atoms with Crippen molar-refractivity contribution in [2.45, 2.75) is 45.1 Å². The summed E-state index contributed by atoms with van der Waals surface area (Å²) in [4.78, 5) is 32.0. The number of halogens is 1. The van der Waals surface area contributed by atoms with Crippen molar-refractivity contribution in [3.05, 3.63) is 71.8 Å². The topological polar surface area (TPSA) is 83.9 Å². The summed E-state index contributed by atoms with van der Waals surface area (Å²) in [5.74, 6) is 1.08. The first-order valence-corrected chi connectivity index (χ1v) is 10.5. The molecule has 1 atom stereocenters. The Hall–Kier alpha value is -3.42. The normalized spacial score (nSPS) is 15.8. The van der Waals surface area contributed by atoms with Crippen molar-refractivity contribution in [1.29, 1.82) is 0 Å². The van der Waals surface area contributed by atoms with Crippen molar-refractivity contribution in [3.63, 3.8) is 0 Å². The van der Waals surface area contributed by atoms with Gasteiger partial charge in [-0.15, -0.1) is 0 Å². The van der Waals surface area contributed by atoms with Crippen molar-refractivity contribution < 1.29 is 9.18 Å². The molecule has 1 aliphatic rings. The number of aromatic nitrogens is 4. The Kier molecular flexibility index (Phi) is 6.45. The largest absolute Gasteiger partial charge is 0.334 e. The summed E-state index contributed by atoms with van der Waals surface area (Å²) in [7, 11) is 0. The molecule has 160 valence electrons. The summed E-state index contributed by atoms with van der Waals surface area (Å²) in [5.41, 5.74) is 2.46. The van der Waals surface area contributed by atoms with Gasteiger partial charge in [-0.05, 0) is 49.8 Å². The fourth-order valence-electron chi connectivity index (χ4n) is 3.92. The minimum Gasteiger partial charge on any atom is -0.334 e. The Morgan fingerprint density at radius 1 is 1.19 bits per heavy atom. The molecule has 1 amide bonds. The van der Waals surface area contributed by atoms with E-state index in [-0.39, 0.29) is 17.8 Å². The molecule has 0 radical (unpaired) electrons. The molecular formula is C23H25FN6O. The van der Waals surface area contributed by atoms with Crippen LogP contribution in [0.1, 0.15) is 48.5 Å². The van der Waals surface area contributed by atoms with Crippen LogP contribution >= 0.6 is 0 Å². The Balaban J connectivity index is 1.37. The predicted molar refractivity (Wildman–Crippen MR) is 115 cm³/mol. The summed E-state index contributed by atoms with van der Waals surface area (Å²) < 4.78 is 13.4. The van der Waals surface area contributed by atoms with Crippen molar-refractivity contribution in [2.24, 2.45) is 0 Å². The highest BCUT2D eigenvalue weighted by molar-refractivity contribution is 5.77. The van der Waals surface area contributed by atoms with E-state index >= 15 is 0 Å². The van der Waals surface area contributed by atoms with E-state index in [1.54, 1.807) is 44.0 Å². The maximum Gasteiger partial charge on any atom is 0.223 e. The molecule has 3 heterocycles. The number of aryl methyl sites for hydroxylation is 2. The number of amides is 1. The summed E-state index contributed by atoms with van der Waals surface area (Å²) in [6.07, 6.45) is 11.9. The van der Waals surface area contributed by atoms with Gasteiger partial charge < -0.3 is 10.2 Å². The number of hydrogen-bond acceptors (Lipinski definition) is 6. The molecule has 0 aliphatic carbocycles. The number of anilines is 2. The van der Waals surface area contributed by atoms with Crippen LogP contribution in [0, 0.1) is 12.7 Å². The first-order valence-electron chi connectivity index (χ1n) is 10.5. The van der Waals surface area contributed by atoms with Gasteiger partial charge in [0.15, 0.2) is 0 Å². The van der Waals surface area contributed by atoms with Crippen molar-refractivity contribution in [3.8, 4) is 0 Å². The standard InChI is InChI=1S/C23H25FN6O/c1-16-12-17(7-8-18(16)24)4-2-6-23(31)30-11-3-5-20(30)19-13-26-15-22(28-19)29-21-14-25-9-10-27-21/h7-10,12-15,20H,2-6,11H2,1H3,(H,27,28,29)/t20-/m1/s1. The zero-order valence-electron chi connectivity index (χ0n) is 17.5. The molecule has 8 heteroatoms. The molecule has 0 spiro atoms. The van der Waals surface area contributed by atoms with Crippen LogP contribution in [0.15, 0.2) is 49.2 Å². The lowest BCUT2D eigenvalue weighted by Crippen LogP contribution is -2.31. The van der Waals surface area contributed by atoms with Gasteiger partial charge in [-0.1, -0.05) is 12.1 Å². The van der Waals surface area contributed by atoms with E-state index in [9.17, 15) is 9.18 Å². The van der Waals surface area contributed by atoms with Crippen LogP contribution < -0.4 is 5.32 Å². The predicted octanol–water partition coefficient (Wildman–Crippen LogP) is 4.14. The van der Waals surface area contributed by atoms with Crippen molar-refractivity contribution >= 4 is 17.5 Å². The number of benzene rings is 1. The van der Waals surface area contributed by atoms with Gasteiger partial charge in [-0.2, -0.15) is 0 Å². The Bertz CT molecular complexity index is 1050. The highest BCUT2D eigenvalue weighted by Gasteiger charge is 2.30. The molecule has 1 aliphatic heterocycles. The van der Waals surface area contributed by atoms with Gasteiger partial charge in [0.2, 0.25) is 5.91 Å². The number of hydrogen-bond donors (Lipinski definition) is 1. The molecule has 1 saturated heterocycles. The lowest BCUT2D eigenvalue weighted by molar-refractivity contribution is -0.132. The molecule has 1 N–H and O–H groups in total. The van der Waals surface area contributed by atoms with Crippen LogP contribution in [0.2, 0.25) is 0 Å². The minimum atomic E-state index is -0.197. The van der Waals surface area contributed by atoms with E-state index < -0.39 is 0 Å². The fourth-order valence-corrected chi connectivity index (χ4v) is 3.92. The molecule has 0 saturated carbocycles. The monoisotopic (exact) mass is 420 g/mol. The van der Waals surface area contributed by atoms with E-state index in [1.807, 2.05) is 11.0 Å². The second-order valence-electron chi connectivity index (χ2n) is 7.73. The first kappa shape index (κ1) is 20.8. The molecule has 3 aromatic rings. The van der Waals surface area contributed by atoms with Crippen LogP contribution in [-0.2, 0) is 11.2 Å². The number of rotatable bonds is 7. The quantitative estimate of drug-likeness (QED) is 0.618. The molecule has 0 bridgehead atoms. The van der Waals surface area contributed by atoms with E-state index in [0.29, 0.717) is 23.6 Å². The van der Waals surface area contributed by atoms with Gasteiger partial charge in [0.25, 0.3) is 0 Å². The molecular weight excluding hydrogens is 395 g/mol. The summed E-state index contributed by atoms with van der Waals surface area (Å²) in [5, 5.41) is 3.10. The summed E-state index contributed by atoms with van der Waals surface area (Å²) >= 11 is 0. The van der Waals surface area contributed by atoms with Gasteiger partial charge >= 0.3 is 0 Å². The van der Waals surface area contributed by atoms with Crippen molar-refractivity contribution in [1.82, 2.24) is 24.8 Å². The first-order chi connectivity index (χ1) is 15.1. The van der Waals surface area contributed by atoms with Crippen LogP contribution in [0.4, 0.5) is 16.0 Å². The average Bonchev–Trinajstić information content (AvgIpc) is 3.27. The molecule has 1 aromatic carbocycles. The number of likely N-dealkylation sites (tertiary alicyclic amines) is 1. The molecule has 1 fully saturated rings. The van der Waals surface area contributed by atoms with Crippen LogP contribution in [-0.4, -0.2) is 37.3 Å². The van der Waals surface area contributed by atoms with Crippen molar-refractivity contribution in [2.75, 3.05) is 11.9 Å². The van der Waals surface area contributed by atoms with Gasteiger partial charge in [-0.25, -0.2) is 14.4 Å². The maximum atomic E-state index is 13.4. The Morgan fingerprint density at radius 3 is 2.87 bits per heavy atom. The van der Waals surface area contributed by atoms with Crippen LogP contribution in [0.25, 0.3) is 0 Å². The van der Waals surface area contributed by atoms with E-state index in [1.165, 1.54) is 6.07 Å². The second-order valence-corrected chi connectivity index (χ2v) is 7.73. The number of carbonyl (C=O) groups is 1. The van der Waals surface area contributed by atoms with Crippen LogP contribution in [0.5, 0.6) is 0 Å². The van der Waals surface area contributed by atoms with Gasteiger partial charge in [0.05, 0.1) is 30.3 Å². The molecule has 0 unspecified atom stereocenters. The maximum absolute atomic E-state index is 13.4. The summed E-state index contributed by atoms with van der Waals surface area (Å²) in [6.45, 7) is 2.48. The Labute approximate surface area is 180 Å². The van der Waals surface area contributed by atoms with Crippen LogP contribution in [0.3, 0.4) is 0 Å². The number of nitrogens with one attached hydrogen (secondary N) is 1. The van der Waals surface area contributed by atoms with Gasteiger partial charge in [0.1, 0.15) is 17.5 Å². The molecule has 31 heavy (non-hydrogen) atoms. The number of nitrogens with zero attached hydrogens (tertiary/aromatic N) is 5. The SMILES string of the molecule is Cc1cc(CCCC(=O)N2CCC[C@@H]2c2cncc(Nc3cnccn3)n2)ccc1F.